The zero-order chi connectivity index (χ0) is 14.2. The summed E-state index contributed by atoms with van der Waals surface area (Å²) in [5.41, 5.74) is 0. The number of benzene rings is 1. The molecule has 1 aliphatic heterocycles. The highest BCUT2D eigenvalue weighted by Crippen LogP contribution is 2.27. The van der Waals surface area contributed by atoms with Gasteiger partial charge in [-0.2, -0.15) is 4.31 Å². The Morgan fingerprint density at radius 3 is 2.47 bits per heavy atom. The Morgan fingerprint density at radius 1 is 1.32 bits per heavy atom. The molecule has 0 atom stereocenters. The van der Waals surface area contributed by atoms with Crippen molar-refractivity contribution < 1.29 is 27.1 Å². The largest absolute Gasteiger partial charge is 0.481 e. The molecule has 104 valence electrons. The van der Waals surface area contributed by atoms with Crippen molar-refractivity contribution in [3.8, 4) is 0 Å². The Labute approximate surface area is 108 Å². The third-order valence-electron chi connectivity index (χ3n) is 2.92. The number of rotatable bonds is 4. The summed E-state index contributed by atoms with van der Waals surface area (Å²) in [4.78, 5) is 10.1. The number of aliphatic carboxylic acids is 1. The average molecular weight is 291 g/mol. The lowest BCUT2D eigenvalue weighted by Crippen LogP contribution is -2.50. The first-order chi connectivity index (χ1) is 8.80. The van der Waals surface area contributed by atoms with Crippen LogP contribution in [0, 0.1) is 17.6 Å². The van der Waals surface area contributed by atoms with Crippen LogP contribution in [0.3, 0.4) is 0 Å². The summed E-state index contributed by atoms with van der Waals surface area (Å²) >= 11 is 0. The second kappa shape index (κ2) is 4.86. The fourth-order valence-corrected chi connectivity index (χ4v) is 3.49. The van der Waals surface area contributed by atoms with E-state index in [9.17, 15) is 22.0 Å². The molecular weight excluding hydrogens is 280 g/mol. The van der Waals surface area contributed by atoms with Crippen LogP contribution in [0.25, 0.3) is 0 Å². The van der Waals surface area contributed by atoms with E-state index in [1.165, 1.54) is 0 Å². The van der Waals surface area contributed by atoms with E-state index in [1.807, 2.05) is 0 Å². The predicted molar refractivity (Wildman–Crippen MR) is 60.9 cm³/mol. The molecule has 0 aromatic heterocycles. The molecule has 8 heteroatoms. The van der Waals surface area contributed by atoms with E-state index < -0.39 is 27.6 Å². The number of carboxylic acids is 1. The molecule has 0 amide bonds. The van der Waals surface area contributed by atoms with Gasteiger partial charge in [0.1, 0.15) is 0 Å². The average Bonchev–Trinajstić information content (AvgIpc) is 2.26. The smallest absolute Gasteiger partial charge is 0.303 e. The number of sulfonamides is 1. The first-order valence-corrected chi connectivity index (χ1v) is 6.91. The monoisotopic (exact) mass is 291 g/mol. The van der Waals surface area contributed by atoms with Gasteiger partial charge in [-0.05, 0) is 24.1 Å². The van der Waals surface area contributed by atoms with Crippen LogP contribution in [0.5, 0.6) is 0 Å². The quantitative estimate of drug-likeness (QED) is 0.900. The highest BCUT2D eigenvalue weighted by atomic mass is 32.2. The number of hydrogen-bond donors (Lipinski definition) is 1. The molecule has 1 aromatic carbocycles. The fraction of sp³-hybridized carbons (Fsp3) is 0.364. The number of halogens is 2. The van der Waals surface area contributed by atoms with Gasteiger partial charge in [0.05, 0.1) is 11.3 Å². The van der Waals surface area contributed by atoms with Crippen molar-refractivity contribution in [1.82, 2.24) is 4.31 Å². The van der Waals surface area contributed by atoms with Crippen molar-refractivity contribution >= 4 is 16.0 Å². The maximum Gasteiger partial charge on any atom is 0.303 e. The predicted octanol–water partition coefficient (Wildman–Crippen LogP) is 1.06. The molecule has 1 heterocycles. The van der Waals surface area contributed by atoms with Crippen molar-refractivity contribution in [2.24, 2.45) is 5.92 Å². The first-order valence-electron chi connectivity index (χ1n) is 5.47. The minimum atomic E-state index is -3.88. The summed E-state index contributed by atoms with van der Waals surface area (Å²) < 4.78 is 50.8. The molecule has 5 nitrogen and oxygen atoms in total. The van der Waals surface area contributed by atoms with Gasteiger partial charge in [0.25, 0.3) is 0 Å². The summed E-state index contributed by atoms with van der Waals surface area (Å²) in [7, 11) is -3.88. The maximum atomic E-state index is 13.0. The van der Waals surface area contributed by atoms with Crippen LogP contribution in [-0.4, -0.2) is 36.9 Å². The Bertz CT molecular complexity index is 611. The lowest BCUT2D eigenvalue weighted by atomic mass is 10.00. The molecule has 19 heavy (non-hydrogen) atoms. The van der Waals surface area contributed by atoms with Crippen LogP contribution in [0.4, 0.5) is 8.78 Å². The molecule has 1 aliphatic rings. The summed E-state index contributed by atoms with van der Waals surface area (Å²) in [5, 5.41) is 8.56. The third-order valence-corrected chi connectivity index (χ3v) is 4.74. The molecule has 0 spiro atoms. The molecule has 0 aliphatic carbocycles. The number of carboxylic acid groups (broad SMARTS) is 1. The van der Waals surface area contributed by atoms with Crippen LogP contribution in [-0.2, 0) is 14.8 Å². The van der Waals surface area contributed by atoms with Crippen molar-refractivity contribution in [2.75, 3.05) is 13.1 Å². The second-order valence-electron chi connectivity index (χ2n) is 4.36. The van der Waals surface area contributed by atoms with Gasteiger partial charge in [-0.15, -0.1) is 0 Å². The van der Waals surface area contributed by atoms with E-state index in [4.69, 9.17) is 5.11 Å². The summed E-state index contributed by atoms with van der Waals surface area (Å²) in [6, 6.07) is 2.35. The van der Waals surface area contributed by atoms with E-state index >= 15 is 0 Å². The van der Waals surface area contributed by atoms with Crippen LogP contribution in [0.2, 0.25) is 0 Å². The van der Waals surface area contributed by atoms with Crippen molar-refractivity contribution in [2.45, 2.75) is 11.3 Å². The maximum absolute atomic E-state index is 13.0. The standard InChI is InChI=1S/C11H11F2NO4S/c12-9-2-1-8(4-10(9)13)19(17,18)14-5-7(6-14)3-11(15)16/h1-2,4,7H,3,5-6H2,(H,15,16). The lowest BCUT2D eigenvalue weighted by molar-refractivity contribution is -0.139. The summed E-state index contributed by atoms with van der Waals surface area (Å²) in [5.74, 6) is -3.58. The molecule has 0 unspecified atom stereocenters. The SMILES string of the molecule is O=C(O)CC1CN(S(=O)(=O)c2ccc(F)c(F)c2)C1. The molecule has 1 fully saturated rings. The van der Waals surface area contributed by atoms with Gasteiger partial charge in [0.15, 0.2) is 11.6 Å². The Kier molecular flexibility index (Phi) is 3.55. The minimum absolute atomic E-state index is 0.0770. The van der Waals surface area contributed by atoms with E-state index in [0.717, 1.165) is 16.4 Å². The van der Waals surface area contributed by atoms with E-state index in [2.05, 4.69) is 0 Å². The normalized spacial score (nSPS) is 17.2. The van der Waals surface area contributed by atoms with E-state index in [0.29, 0.717) is 6.07 Å². The molecule has 0 bridgehead atoms. The van der Waals surface area contributed by atoms with Crippen LogP contribution in [0.15, 0.2) is 23.1 Å². The fourth-order valence-electron chi connectivity index (χ4n) is 1.88. The van der Waals surface area contributed by atoms with Crippen molar-refractivity contribution in [1.29, 1.82) is 0 Å². The van der Waals surface area contributed by atoms with Gasteiger partial charge in [0.2, 0.25) is 10.0 Å². The van der Waals surface area contributed by atoms with Gasteiger partial charge in [-0.3, -0.25) is 4.79 Å². The summed E-state index contributed by atoms with van der Waals surface area (Å²) in [6.07, 6.45) is -0.107. The van der Waals surface area contributed by atoms with E-state index in [-0.39, 0.29) is 30.3 Å². The van der Waals surface area contributed by atoms with Gasteiger partial charge in [0, 0.05) is 13.1 Å². The van der Waals surface area contributed by atoms with Gasteiger partial charge in [-0.1, -0.05) is 0 Å². The van der Waals surface area contributed by atoms with Gasteiger partial charge < -0.3 is 5.11 Å². The number of nitrogens with zero attached hydrogens (tertiary/aromatic N) is 1. The topological polar surface area (TPSA) is 74.7 Å². The Morgan fingerprint density at radius 2 is 1.95 bits per heavy atom. The van der Waals surface area contributed by atoms with Gasteiger partial charge in [-0.25, -0.2) is 17.2 Å². The number of hydrogen-bond acceptors (Lipinski definition) is 3. The third kappa shape index (κ3) is 2.74. The second-order valence-corrected chi connectivity index (χ2v) is 6.30. The number of carbonyl (C=O) groups is 1. The van der Waals surface area contributed by atoms with E-state index in [1.54, 1.807) is 0 Å². The van der Waals surface area contributed by atoms with Crippen molar-refractivity contribution in [3.63, 3.8) is 0 Å². The first kappa shape index (κ1) is 13.9. The van der Waals surface area contributed by atoms with Crippen LogP contribution >= 0.6 is 0 Å². The molecule has 0 radical (unpaired) electrons. The Balaban J connectivity index is 2.12. The van der Waals surface area contributed by atoms with Crippen molar-refractivity contribution in [3.05, 3.63) is 29.8 Å². The highest BCUT2D eigenvalue weighted by Gasteiger charge is 2.37. The molecular formula is C11H11F2NO4S. The molecule has 0 saturated carbocycles. The zero-order valence-electron chi connectivity index (χ0n) is 9.71. The van der Waals surface area contributed by atoms with Crippen LogP contribution < -0.4 is 0 Å². The molecule has 1 saturated heterocycles. The minimum Gasteiger partial charge on any atom is -0.481 e. The van der Waals surface area contributed by atoms with Gasteiger partial charge >= 0.3 is 5.97 Å². The molecule has 1 N–H and O–H groups in total. The molecule has 1 aromatic rings. The lowest BCUT2D eigenvalue weighted by Gasteiger charge is -2.37. The zero-order valence-corrected chi connectivity index (χ0v) is 10.5. The van der Waals surface area contributed by atoms with Crippen LogP contribution in [0.1, 0.15) is 6.42 Å². The molecule has 2 rings (SSSR count). The Hall–Kier alpha value is -1.54. The highest BCUT2D eigenvalue weighted by molar-refractivity contribution is 7.89. The summed E-state index contributed by atoms with van der Waals surface area (Å²) in [6.45, 7) is 0.154.